The number of rotatable bonds is 16. The van der Waals surface area contributed by atoms with Gasteiger partial charge in [0, 0.05) is 11.1 Å². The summed E-state index contributed by atoms with van der Waals surface area (Å²) in [6.45, 7) is 18.5. The van der Waals surface area contributed by atoms with E-state index in [1.807, 2.05) is 0 Å². The van der Waals surface area contributed by atoms with E-state index in [0.717, 1.165) is 24.2 Å². The van der Waals surface area contributed by atoms with E-state index in [1.54, 1.807) is 6.92 Å². The van der Waals surface area contributed by atoms with Crippen molar-refractivity contribution >= 4 is 5.97 Å². The smallest absolute Gasteiger partial charge is 0.333 e. The summed E-state index contributed by atoms with van der Waals surface area (Å²) in [7, 11) is 0. The molecule has 0 aromatic rings. The molecular weight excluding hydrogens is 448 g/mol. The van der Waals surface area contributed by atoms with Crippen molar-refractivity contribution in [3.8, 4) is 0 Å². The molecule has 4 heteroatoms. The van der Waals surface area contributed by atoms with Gasteiger partial charge in [0.1, 0.15) is 5.76 Å². The molecule has 0 radical (unpaired) electrons. The van der Waals surface area contributed by atoms with Gasteiger partial charge in [0.2, 0.25) is 0 Å². The molecule has 0 heterocycles. The van der Waals surface area contributed by atoms with E-state index in [9.17, 15) is 9.90 Å². The Hall–Kier alpha value is -1.55. The summed E-state index contributed by atoms with van der Waals surface area (Å²) in [5.41, 5.74) is 0.973. The molecule has 2 aliphatic rings. The summed E-state index contributed by atoms with van der Waals surface area (Å²) in [6, 6.07) is 0. The highest BCUT2D eigenvalue weighted by molar-refractivity contribution is 5.86. The summed E-state index contributed by atoms with van der Waals surface area (Å²) >= 11 is 0. The minimum absolute atomic E-state index is 0.141. The van der Waals surface area contributed by atoms with Gasteiger partial charge in [0.15, 0.2) is 0 Å². The minimum atomic E-state index is -0.291. The Kier molecular flexibility index (Phi) is 13.9. The van der Waals surface area contributed by atoms with Crippen molar-refractivity contribution in [1.82, 2.24) is 0 Å². The van der Waals surface area contributed by atoms with Crippen LogP contribution < -0.4 is 0 Å². The molecule has 36 heavy (non-hydrogen) atoms. The van der Waals surface area contributed by atoms with Gasteiger partial charge in [-0.3, -0.25) is 0 Å². The molecule has 0 saturated heterocycles. The molecule has 2 saturated carbocycles. The van der Waals surface area contributed by atoms with E-state index in [0.29, 0.717) is 47.9 Å². The fourth-order valence-corrected chi connectivity index (χ4v) is 6.51. The second kappa shape index (κ2) is 16.3. The van der Waals surface area contributed by atoms with Crippen molar-refractivity contribution in [2.75, 3.05) is 19.8 Å². The number of carbonyl (C=O) groups excluding carboxylic acids is 1. The highest BCUT2D eigenvalue weighted by Crippen LogP contribution is 2.45. The Morgan fingerprint density at radius 3 is 2.11 bits per heavy atom. The number of esters is 1. The Labute approximate surface area is 221 Å². The Balaban J connectivity index is 1.86. The topological polar surface area (TPSA) is 55.8 Å². The third kappa shape index (κ3) is 10.1. The van der Waals surface area contributed by atoms with Crippen molar-refractivity contribution in [3.63, 3.8) is 0 Å². The average molecular weight is 503 g/mol. The molecule has 2 aliphatic carbocycles. The van der Waals surface area contributed by atoms with Crippen LogP contribution in [0, 0.1) is 35.5 Å². The number of aliphatic hydroxyl groups excluding tert-OH is 1. The van der Waals surface area contributed by atoms with E-state index < -0.39 is 0 Å². The zero-order chi connectivity index (χ0) is 26.5. The molecule has 2 atom stereocenters. The maximum absolute atomic E-state index is 12.1. The number of hydrogen-bond acceptors (Lipinski definition) is 4. The predicted molar refractivity (Wildman–Crippen MR) is 149 cm³/mol. The lowest BCUT2D eigenvalue weighted by Gasteiger charge is -2.41. The number of unbranched alkanes of at least 4 members (excludes halogenated alkanes) is 2. The van der Waals surface area contributed by atoms with Crippen LogP contribution in [0.25, 0.3) is 0 Å². The summed E-state index contributed by atoms with van der Waals surface area (Å²) < 4.78 is 11.4. The molecule has 2 rings (SSSR count). The molecule has 0 aromatic heterocycles. The Morgan fingerprint density at radius 2 is 1.56 bits per heavy atom. The van der Waals surface area contributed by atoms with Crippen LogP contribution in [-0.2, 0) is 14.3 Å². The number of carbonyl (C=O) groups is 1. The van der Waals surface area contributed by atoms with E-state index >= 15 is 0 Å². The van der Waals surface area contributed by atoms with Crippen molar-refractivity contribution in [3.05, 3.63) is 36.6 Å². The van der Waals surface area contributed by atoms with Gasteiger partial charge < -0.3 is 14.6 Å². The van der Waals surface area contributed by atoms with E-state index in [-0.39, 0.29) is 12.6 Å². The van der Waals surface area contributed by atoms with Gasteiger partial charge in [0.25, 0.3) is 0 Å². The molecule has 4 nitrogen and oxygen atoms in total. The summed E-state index contributed by atoms with van der Waals surface area (Å²) in [4.78, 5) is 12.1. The third-order valence-corrected chi connectivity index (χ3v) is 9.12. The van der Waals surface area contributed by atoms with E-state index in [2.05, 4.69) is 33.6 Å². The summed E-state index contributed by atoms with van der Waals surface area (Å²) in [5, 5.41) is 9.22. The van der Waals surface area contributed by atoms with Crippen molar-refractivity contribution < 1.29 is 19.4 Å². The van der Waals surface area contributed by atoms with Crippen molar-refractivity contribution in [2.45, 2.75) is 104 Å². The fourth-order valence-electron chi connectivity index (χ4n) is 6.51. The van der Waals surface area contributed by atoms with Crippen LogP contribution in [0.1, 0.15) is 104 Å². The first-order chi connectivity index (χ1) is 17.3. The molecule has 206 valence electrons. The van der Waals surface area contributed by atoms with Gasteiger partial charge in [-0.15, -0.1) is 0 Å². The Bertz CT molecular complexity index is 695. The highest BCUT2D eigenvalue weighted by atomic mass is 16.5. The number of aliphatic hydroxyl groups is 1. The standard InChI is InChI=1S/C32H54O4/c1-7-8-9-10-27-11-13-28(14-12-27)29-15-17-30(18-16-29)31(22-36-32(34)23(2)3)24(4)19-20-35-26(6)25(5)21-33/h24,27-31,33H,2,5-22H2,1,3-4H3. The fraction of sp³-hybridized carbons (Fsp3) is 0.781. The molecule has 0 aliphatic heterocycles. The van der Waals surface area contributed by atoms with Crippen LogP contribution in [0.3, 0.4) is 0 Å². The van der Waals surface area contributed by atoms with E-state index in [4.69, 9.17) is 9.47 Å². The van der Waals surface area contributed by atoms with Gasteiger partial charge >= 0.3 is 5.97 Å². The van der Waals surface area contributed by atoms with Crippen LogP contribution in [-0.4, -0.2) is 30.9 Å². The largest absolute Gasteiger partial charge is 0.494 e. The first-order valence-electron chi connectivity index (χ1n) is 14.7. The van der Waals surface area contributed by atoms with Gasteiger partial charge in [-0.1, -0.05) is 72.1 Å². The molecule has 2 fully saturated rings. The Morgan fingerprint density at radius 1 is 0.944 bits per heavy atom. The lowest BCUT2D eigenvalue weighted by atomic mass is 9.65. The van der Waals surface area contributed by atoms with Gasteiger partial charge in [-0.2, -0.15) is 0 Å². The predicted octanol–water partition coefficient (Wildman–Crippen LogP) is 8.02. The molecular formula is C32H54O4. The minimum Gasteiger partial charge on any atom is -0.494 e. The zero-order valence-electron chi connectivity index (χ0n) is 23.6. The summed E-state index contributed by atoms with van der Waals surface area (Å²) in [5.74, 6) is 4.20. The van der Waals surface area contributed by atoms with Crippen LogP contribution in [0.5, 0.6) is 0 Å². The molecule has 1 N–H and O–H groups in total. The monoisotopic (exact) mass is 502 g/mol. The first-order valence-corrected chi connectivity index (χ1v) is 14.7. The number of ether oxygens (including phenoxy) is 2. The maximum atomic E-state index is 12.1. The normalized spacial score (nSPS) is 26.0. The number of hydrogen-bond donors (Lipinski definition) is 1. The van der Waals surface area contributed by atoms with Crippen LogP contribution in [0.15, 0.2) is 36.6 Å². The van der Waals surface area contributed by atoms with Crippen LogP contribution in [0.4, 0.5) is 0 Å². The van der Waals surface area contributed by atoms with Crippen LogP contribution >= 0.6 is 0 Å². The lowest BCUT2D eigenvalue weighted by Crippen LogP contribution is -2.33. The lowest BCUT2D eigenvalue weighted by molar-refractivity contribution is -0.141. The molecule has 0 amide bonds. The van der Waals surface area contributed by atoms with E-state index in [1.165, 1.54) is 77.0 Å². The quantitative estimate of drug-likeness (QED) is 0.0763. The summed E-state index contributed by atoms with van der Waals surface area (Å²) in [6.07, 6.45) is 17.3. The maximum Gasteiger partial charge on any atom is 0.333 e. The van der Waals surface area contributed by atoms with Crippen molar-refractivity contribution in [2.24, 2.45) is 35.5 Å². The third-order valence-electron chi connectivity index (χ3n) is 9.12. The average Bonchev–Trinajstić information content (AvgIpc) is 2.89. The molecule has 0 bridgehead atoms. The van der Waals surface area contributed by atoms with Gasteiger partial charge in [-0.05, 0) is 87.4 Å². The molecule has 0 aromatic carbocycles. The molecule has 2 unspecified atom stereocenters. The first kappa shape index (κ1) is 30.7. The van der Waals surface area contributed by atoms with Gasteiger partial charge in [-0.25, -0.2) is 4.79 Å². The van der Waals surface area contributed by atoms with Gasteiger partial charge in [0.05, 0.1) is 19.8 Å². The second-order valence-electron chi connectivity index (χ2n) is 11.8. The SMILES string of the molecule is C=C(C)C(=O)OCC(C(C)CCOC(=C)C(=C)CO)C1CCC(C2CCC(CCCCC)CC2)CC1. The second-order valence-corrected chi connectivity index (χ2v) is 11.8. The zero-order valence-corrected chi connectivity index (χ0v) is 23.6. The molecule has 0 spiro atoms. The highest BCUT2D eigenvalue weighted by Gasteiger charge is 2.35. The van der Waals surface area contributed by atoms with Crippen LogP contribution in [0.2, 0.25) is 0 Å². The van der Waals surface area contributed by atoms with Crippen molar-refractivity contribution in [1.29, 1.82) is 0 Å².